The van der Waals surface area contributed by atoms with Gasteiger partial charge >= 0.3 is 0 Å². The molecule has 0 saturated carbocycles. The lowest BCUT2D eigenvalue weighted by Crippen LogP contribution is -2.57. The van der Waals surface area contributed by atoms with Gasteiger partial charge in [-0.2, -0.15) is 0 Å². The van der Waals surface area contributed by atoms with Crippen LogP contribution in [0.3, 0.4) is 0 Å². The molecule has 2 aromatic carbocycles. The molecule has 1 N–H and O–H groups in total. The first-order chi connectivity index (χ1) is 13.6. The van der Waals surface area contributed by atoms with Crippen LogP contribution in [0.5, 0.6) is 0 Å². The van der Waals surface area contributed by atoms with Crippen molar-refractivity contribution in [2.75, 3.05) is 18.0 Å². The molecule has 2 heterocycles. The van der Waals surface area contributed by atoms with Gasteiger partial charge in [-0.25, -0.2) is 0 Å². The van der Waals surface area contributed by atoms with Crippen LogP contribution in [-0.2, 0) is 6.54 Å². The first-order valence-electron chi connectivity index (χ1n) is 9.83. The maximum atomic E-state index is 12.9. The zero-order chi connectivity index (χ0) is 19.7. The van der Waals surface area contributed by atoms with Gasteiger partial charge in [0.2, 0.25) is 0 Å². The number of piperidine rings is 1. The fourth-order valence-electron chi connectivity index (χ4n) is 4.19. The summed E-state index contributed by atoms with van der Waals surface area (Å²) in [6.45, 7) is 4.11. The van der Waals surface area contributed by atoms with E-state index in [0.29, 0.717) is 22.7 Å². The minimum Gasteiger partial charge on any atom is -0.351 e. The number of hydrogen-bond donors (Lipinski definition) is 1. The third-order valence-corrected chi connectivity index (χ3v) is 5.81. The summed E-state index contributed by atoms with van der Waals surface area (Å²) in [6.07, 6.45) is 3.26. The van der Waals surface area contributed by atoms with E-state index >= 15 is 0 Å². The molecule has 0 spiro atoms. The van der Waals surface area contributed by atoms with Crippen LogP contribution in [0.2, 0.25) is 5.02 Å². The molecule has 0 aliphatic carbocycles. The molecule has 0 aromatic heterocycles. The second-order valence-electron chi connectivity index (χ2n) is 7.31. The van der Waals surface area contributed by atoms with Crippen LogP contribution in [0.1, 0.15) is 52.5 Å². The van der Waals surface area contributed by atoms with Crippen molar-refractivity contribution >= 4 is 29.1 Å². The van der Waals surface area contributed by atoms with Gasteiger partial charge in [0.05, 0.1) is 11.3 Å². The molecule has 2 aromatic rings. The summed E-state index contributed by atoms with van der Waals surface area (Å²) in [6, 6.07) is 12.8. The van der Waals surface area contributed by atoms with Crippen LogP contribution in [0.25, 0.3) is 0 Å². The lowest BCUT2D eigenvalue weighted by Gasteiger charge is -2.47. The highest BCUT2D eigenvalue weighted by Gasteiger charge is 2.38. The van der Waals surface area contributed by atoms with Crippen molar-refractivity contribution in [2.45, 2.75) is 38.9 Å². The van der Waals surface area contributed by atoms with Crippen molar-refractivity contribution < 1.29 is 9.59 Å². The zero-order valence-corrected chi connectivity index (χ0v) is 16.7. The summed E-state index contributed by atoms with van der Waals surface area (Å²) < 4.78 is 0. The van der Waals surface area contributed by atoms with E-state index in [1.165, 1.54) is 0 Å². The molecule has 146 valence electrons. The van der Waals surface area contributed by atoms with E-state index < -0.39 is 0 Å². The minimum atomic E-state index is -0.155. The Morgan fingerprint density at radius 1 is 1.21 bits per heavy atom. The number of rotatable bonds is 4. The number of nitrogens with one attached hydrogen (secondary N) is 1. The van der Waals surface area contributed by atoms with Crippen molar-refractivity contribution in [2.24, 2.45) is 0 Å². The second-order valence-corrected chi connectivity index (χ2v) is 7.74. The van der Waals surface area contributed by atoms with Gasteiger partial charge in [0, 0.05) is 30.2 Å². The Hall–Kier alpha value is -2.53. The van der Waals surface area contributed by atoms with E-state index in [4.69, 9.17) is 11.6 Å². The van der Waals surface area contributed by atoms with Crippen LogP contribution < -0.4 is 10.2 Å². The third-order valence-electron chi connectivity index (χ3n) is 5.57. The molecule has 0 unspecified atom stereocenters. The topological polar surface area (TPSA) is 52.7 Å². The number of benzene rings is 2. The number of carbonyl (C=O) groups excluding carboxylic acids is 2. The maximum absolute atomic E-state index is 12.9. The fraction of sp³-hybridized carbons (Fsp3) is 0.364. The summed E-state index contributed by atoms with van der Waals surface area (Å²) in [4.78, 5) is 29.8. The lowest BCUT2D eigenvalue weighted by atomic mass is 9.97. The van der Waals surface area contributed by atoms with Crippen molar-refractivity contribution in [3.63, 3.8) is 0 Å². The van der Waals surface area contributed by atoms with Crippen molar-refractivity contribution in [3.05, 3.63) is 64.2 Å². The average molecular weight is 398 g/mol. The molecular formula is C22H24ClN3O2. The van der Waals surface area contributed by atoms with Gasteiger partial charge in [0.15, 0.2) is 0 Å². The van der Waals surface area contributed by atoms with E-state index in [-0.39, 0.29) is 18.0 Å². The molecular weight excluding hydrogens is 374 g/mol. The van der Waals surface area contributed by atoms with Crippen molar-refractivity contribution in [3.8, 4) is 0 Å². The summed E-state index contributed by atoms with van der Waals surface area (Å²) in [5.41, 5.74) is 3.07. The molecule has 2 amide bonds. The quantitative estimate of drug-likeness (QED) is 0.846. The van der Waals surface area contributed by atoms with Gasteiger partial charge in [0.25, 0.3) is 11.8 Å². The van der Waals surface area contributed by atoms with Crippen LogP contribution in [0.4, 0.5) is 5.69 Å². The summed E-state index contributed by atoms with van der Waals surface area (Å²) in [7, 11) is 0. The number of carbonyl (C=O) groups is 2. The molecule has 28 heavy (non-hydrogen) atoms. The van der Waals surface area contributed by atoms with Gasteiger partial charge in [0.1, 0.15) is 6.17 Å². The van der Waals surface area contributed by atoms with Gasteiger partial charge < -0.3 is 15.1 Å². The molecule has 2 aliphatic heterocycles. The average Bonchev–Trinajstić information content (AvgIpc) is 2.72. The summed E-state index contributed by atoms with van der Waals surface area (Å²) >= 11 is 6.00. The Morgan fingerprint density at radius 3 is 2.86 bits per heavy atom. The third kappa shape index (κ3) is 3.47. The Labute approximate surface area is 170 Å². The number of fused-ring (bicyclic) bond motifs is 2. The number of nitrogens with zero attached hydrogens (tertiary/aromatic N) is 2. The smallest absolute Gasteiger partial charge is 0.257 e. The molecule has 0 bridgehead atoms. The van der Waals surface area contributed by atoms with E-state index in [2.05, 4.69) is 17.1 Å². The summed E-state index contributed by atoms with van der Waals surface area (Å²) in [5, 5.41) is 3.59. The SMILES string of the molecule is CCN1c2cc(C(=O)NCc3cccc(Cl)c3)ccc2C(=O)N2CCCC[C@H]21. The first-order valence-corrected chi connectivity index (χ1v) is 10.2. The predicted octanol–water partition coefficient (Wildman–Crippen LogP) is 4.06. The molecule has 1 atom stereocenters. The van der Waals surface area contributed by atoms with E-state index in [1.54, 1.807) is 18.2 Å². The number of hydrogen-bond acceptors (Lipinski definition) is 3. The summed E-state index contributed by atoms with van der Waals surface area (Å²) in [5.74, 6) is -0.0763. The molecule has 5 nitrogen and oxygen atoms in total. The molecule has 2 aliphatic rings. The fourth-order valence-corrected chi connectivity index (χ4v) is 4.41. The monoisotopic (exact) mass is 397 g/mol. The minimum absolute atomic E-state index is 0.0790. The molecule has 4 rings (SSSR count). The van der Waals surface area contributed by atoms with E-state index in [9.17, 15) is 9.59 Å². The van der Waals surface area contributed by atoms with E-state index in [1.807, 2.05) is 29.2 Å². The second kappa shape index (κ2) is 7.84. The Kier molecular flexibility index (Phi) is 5.27. The van der Waals surface area contributed by atoms with Crippen molar-refractivity contribution in [1.29, 1.82) is 0 Å². The number of halogens is 1. The highest BCUT2D eigenvalue weighted by atomic mass is 35.5. The molecule has 0 radical (unpaired) electrons. The number of anilines is 1. The zero-order valence-electron chi connectivity index (χ0n) is 16.0. The normalized spacial score (nSPS) is 18.5. The van der Waals surface area contributed by atoms with Crippen molar-refractivity contribution in [1.82, 2.24) is 10.2 Å². The van der Waals surface area contributed by atoms with Crippen LogP contribution in [0.15, 0.2) is 42.5 Å². The highest BCUT2D eigenvalue weighted by Crippen LogP contribution is 2.35. The van der Waals surface area contributed by atoms with Gasteiger partial charge in [-0.1, -0.05) is 23.7 Å². The predicted molar refractivity (Wildman–Crippen MR) is 111 cm³/mol. The van der Waals surface area contributed by atoms with Gasteiger partial charge in [-0.15, -0.1) is 0 Å². The Bertz CT molecular complexity index is 914. The van der Waals surface area contributed by atoms with Crippen LogP contribution in [-0.4, -0.2) is 36.0 Å². The largest absolute Gasteiger partial charge is 0.351 e. The van der Waals surface area contributed by atoms with Gasteiger partial charge in [-0.05, 0) is 62.1 Å². The molecule has 1 fully saturated rings. The highest BCUT2D eigenvalue weighted by molar-refractivity contribution is 6.30. The standard InChI is InChI=1S/C22H24ClN3O2/c1-2-25-19-13-16(21(27)24-14-15-6-5-7-17(23)12-15)9-10-18(19)22(28)26-11-4-3-8-20(25)26/h5-7,9-10,12-13,20H,2-4,8,11,14H2,1H3,(H,24,27)/t20-/m0/s1. The molecule has 6 heteroatoms. The lowest BCUT2D eigenvalue weighted by molar-refractivity contribution is 0.0582. The van der Waals surface area contributed by atoms with E-state index in [0.717, 1.165) is 43.6 Å². The Balaban J connectivity index is 1.57. The first kappa shape index (κ1) is 18.8. The molecule has 1 saturated heterocycles. The Morgan fingerprint density at radius 2 is 2.07 bits per heavy atom. The van der Waals surface area contributed by atoms with Crippen LogP contribution >= 0.6 is 11.6 Å². The van der Waals surface area contributed by atoms with Gasteiger partial charge in [-0.3, -0.25) is 9.59 Å². The number of amides is 2. The maximum Gasteiger partial charge on any atom is 0.257 e. The van der Waals surface area contributed by atoms with Crippen LogP contribution in [0, 0.1) is 0 Å².